The first-order valence-electron chi connectivity index (χ1n) is 18.0. The maximum atomic E-state index is 11.3. The van der Waals surface area contributed by atoms with Gasteiger partial charge in [-0.15, -0.1) is 0 Å². The van der Waals surface area contributed by atoms with Crippen LogP contribution in [0.4, 0.5) is 0 Å². The minimum absolute atomic E-state index is 0.0302. The molecule has 2 heterocycles. The third-order valence-electron chi connectivity index (χ3n) is 14.7. The molecule has 2 saturated heterocycles. The lowest BCUT2D eigenvalue weighted by Gasteiger charge is -2.60. The molecule has 5 aliphatic carbocycles. The fourth-order valence-corrected chi connectivity index (χ4v) is 12.9. The lowest BCUT2D eigenvalue weighted by molar-refractivity contribution is -0.245. The lowest BCUT2D eigenvalue weighted by atomic mass is 9.46. The van der Waals surface area contributed by atoms with Crippen molar-refractivity contribution >= 4 is 5.97 Å². The summed E-state index contributed by atoms with van der Waals surface area (Å²) in [5, 5.41) is 20.2. The van der Waals surface area contributed by atoms with Gasteiger partial charge in [-0.05, 0) is 130 Å². The highest BCUT2D eigenvalue weighted by Gasteiger charge is 2.80. The van der Waals surface area contributed by atoms with Crippen molar-refractivity contribution in [3.05, 3.63) is 0 Å². The highest BCUT2D eigenvalue weighted by Crippen LogP contribution is 2.87. The summed E-state index contributed by atoms with van der Waals surface area (Å²) in [6.07, 6.45) is 12.2. The van der Waals surface area contributed by atoms with E-state index in [0.29, 0.717) is 54.4 Å². The summed E-state index contributed by atoms with van der Waals surface area (Å²) in [4.78, 5) is 13.2. The van der Waals surface area contributed by atoms with Crippen LogP contribution >= 0.6 is 0 Å². The molecule has 12 atom stereocenters. The molecule has 2 aliphatic heterocycles. The smallest absolute Gasteiger partial charge is 0.317 e. The van der Waals surface area contributed by atoms with Gasteiger partial charge in [-0.25, -0.2) is 0 Å². The molecule has 2 spiro atoms. The van der Waals surface area contributed by atoms with Crippen LogP contribution in [0.15, 0.2) is 0 Å². The largest absolute Gasteiger partial charge is 0.480 e. The molecule has 0 radical (unpaired) electrons. The van der Waals surface area contributed by atoms with Crippen molar-refractivity contribution < 1.29 is 34.0 Å². The van der Waals surface area contributed by atoms with Crippen molar-refractivity contribution in [2.75, 3.05) is 32.8 Å². The minimum Gasteiger partial charge on any atom is -0.480 e. The van der Waals surface area contributed by atoms with E-state index in [-0.39, 0.29) is 42.7 Å². The van der Waals surface area contributed by atoms with Crippen LogP contribution < -0.4 is 0 Å². The topological polar surface area (TPSA) is 97.7 Å². The number of aliphatic hydroxyl groups is 1. The Bertz CT molecular complexity index is 1110. The maximum absolute atomic E-state index is 11.3. The zero-order chi connectivity index (χ0) is 31.3. The predicted molar refractivity (Wildman–Crippen MR) is 166 cm³/mol. The van der Waals surface area contributed by atoms with Crippen molar-refractivity contribution in [3.63, 3.8) is 0 Å². The van der Waals surface area contributed by atoms with Gasteiger partial charge in [-0.1, -0.05) is 20.8 Å². The van der Waals surface area contributed by atoms with E-state index in [9.17, 15) is 15.0 Å². The summed E-state index contributed by atoms with van der Waals surface area (Å²) in [6, 6.07) is 0. The molecule has 8 nitrogen and oxygen atoms in total. The van der Waals surface area contributed by atoms with Gasteiger partial charge in [-0.3, -0.25) is 9.69 Å². The molecule has 9 unspecified atom stereocenters. The maximum Gasteiger partial charge on any atom is 0.317 e. The number of carboxylic acid groups (broad SMARTS) is 1. The molecule has 2 N–H and O–H groups in total. The molecular weight excluding hydrogens is 558 g/mol. The molecule has 8 heteroatoms. The van der Waals surface area contributed by atoms with Crippen LogP contribution in [0.2, 0.25) is 0 Å². The summed E-state index contributed by atoms with van der Waals surface area (Å²) in [5.74, 6) is 2.01. The van der Waals surface area contributed by atoms with Gasteiger partial charge in [0.1, 0.15) is 6.10 Å². The van der Waals surface area contributed by atoms with Crippen LogP contribution in [0.1, 0.15) is 106 Å². The summed E-state index contributed by atoms with van der Waals surface area (Å²) >= 11 is 0. The Morgan fingerprint density at radius 3 is 2.52 bits per heavy atom. The van der Waals surface area contributed by atoms with Crippen molar-refractivity contribution in [1.29, 1.82) is 0 Å². The Labute approximate surface area is 264 Å². The fraction of sp³-hybridized carbons (Fsp3) is 0.972. The molecule has 7 aliphatic rings. The number of rotatable bonds is 8. The number of nitrogens with zero attached hydrogens (tertiary/aromatic N) is 1. The summed E-state index contributed by atoms with van der Waals surface area (Å²) in [5.41, 5.74) is 0.435. The van der Waals surface area contributed by atoms with E-state index in [2.05, 4.69) is 20.8 Å². The Kier molecular flexibility index (Phi) is 7.87. The van der Waals surface area contributed by atoms with Crippen LogP contribution in [-0.2, 0) is 23.7 Å². The average Bonchev–Trinajstić information content (AvgIpc) is 3.52. The zero-order valence-corrected chi connectivity index (χ0v) is 28.2. The Balaban J connectivity index is 1.05. The molecule has 0 aromatic heterocycles. The van der Waals surface area contributed by atoms with Crippen LogP contribution in [0, 0.1) is 45.3 Å². The van der Waals surface area contributed by atoms with Crippen molar-refractivity contribution in [2.45, 2.75) is 142 Å². The SMILES string of the molecule is CCO[C@@H](C1CCC2C(CC3C4CCC5C(C)(C)[C@@H](OC6CN(CC(=O)O)CCO6)CCC56C[C@@]46CCC23C)O1)C(C)(C)O. The first-order valence-corrected chi connectivity index (χ1v) is 18.0. The van der Waals surface area contributed by atoms with E-state index in [1.807, 2.05) is 25.7 Å². The lowest BCUT2D eigenvalue weighted by Crippen LogP contribution is -2.56. The van der Waals surface area contributed by atoms with Crippen molar-refractivity contribution in [2.24, 2.45) is 45.3 Å². The van der Waals surface area contributed by atoms with Gasteiger partial charge in [0.2, 0.25) is 0 Å². The average molecular weight is 618 g/mol. The quantitative estimate of drug-likeness (QED) is 0.369. The molecule has 250 valence electrons. The van der Waals surface area contributed by atoms with Gasteiger partial charge in [0, 0.05) is 13.2 Å². The van der Waals surface area contributed by atoms with Crippen LogP contribution in [-0.4, -0.2) is 90.2 Å². The van der Waals surface area contributed by atoms with E-state index in [0.717, 1.165) is 24.7 Å². The number of hydrogen-bond donors (Lipinski definition) is 2. The zero-order valence-electron chi connectivity index (χ0n) is 28.2. The number of hydrogen-bond acceptors (Lipinski definition) is 7. The normalized spacial score (nSPS) is 48.7. The number of aliphatic carboxylic acids is 1. The second-order valence-corrected chi connectivity index (χ2v) is 17.4. The van der Waals surface area contributed by atoms with Gasteiger partial charge < -0.3 is 29.2 Å². The first kappa shape index (κ1) is 31.8. The van der Waals surface area contributed by atoms with Crippen molar-refractivity contribution in [1.82, 2.24) is 4.90 Å². The van der Waals surface area contributed by atoms with E-state index < -0.39 is 11.6 Å². The van der Waals surface area contributed by atoms with E-state index in [1.54, 1.807) is 0 Å². The minimum atomic E-state index is -0.915. The predicted octanol–water partition coefficient (Wildman–Crippen LogP) is 5.50. The second-order valence-electron chi connectivity index (χ2n) is 17.4. The molecule has 5 saturated carbocycles. The highest BCUT2D eigenvalue weighted by atomic mass is 16.7. The van der Waals surface area contributed by atoms with Gasteiger partial charge in [0.05, 0.1) is 43.6 Å². The van der Waals surface area contributed by atoms with E-state index in [1.165, 1.54) is 51.4 Å². The Hall–Kier alpha value is -0.770. The summed E-state index contributed by atoms with van der Waals surface area (Å²) < 4.78 is 25.8. The van der Waals surface area contributed by atoms with E-state index in [4.69, 9.17) is 18.9 Å². The van der Waals surface area contributed by atoms with Gasteiger partial charge >= 0.3 is 5.97 Å². The molecule has 0 amide bonds. The monoisotopic (exact) mass is 617 g/mol. The molecule has 0 aromatic carbocycles. The molecule has 7 fully saturated rings. The second kappa shape index (κ2) is 10.9. The number of morpholine rings is 1. The molecule has 44 heavy (non-hydrogen) atoms. The van der Waals surface area contributed by atoms with Crippen molar-refractivity contribution in [3.8, 4) is 0 Å². The number of carboxylic acids is 1. The number of carbonyl (C=O) groups is 1. The molecule has 0 bridgehead atoms. The van der Waals surface area contributed by atoms with E-state index >= 15 is 0 Å². The summed E-state index contributed by atoms with van der Waals surface area (Å²) in [7, 11) is 0. The van der Waals surface area contributed by atoms with Gasteiger partial charge in [-0.2, -0.15) is 0 Å². The number of fused-ring (bicyclic) bond motifs is 4. The molecule has 7 rings (SSSR count). The molecular formula is C36H59NO7. The third-order valence-corrected chi connectivity index (χ3v) is 14.7. The number of ether oxygens (including phenoxy) is 4. The Morgan fingerprint density at radius 2 is 1.80 bits per heavy atom. The van der Waals surface area contributed by atoms with Crippen LogP contribution in [0.25, 0.3) is 0 Å². The first-order chi connectivity index (χ1) is 20.7. The standard InChI is InChI=1S/C36H59NO7/c1-7-41-31(33(4,5)40)25-10-8-23-26(43-25)18-24-22-9-11-27-32(2,3)28(44-30-20-37(16-17-42-30)19-29(38)39)12-13-36(27)21-35(22,36)15-14-34(23,24)6/h22-28,30-31,40H,7-21H2,1-6H3,(H,38,39)/t22?,23?,24?,25?,26?,27?,28-,30?,31-,34?,35-,36?/m0/s1. The fourth-order valence-electron chi connectivity index (χ4n) is 12.9. The Morgan fingerprint density at radius 1 is 1.02 bits per heavy atom. The van der Waals surface area contributed by atoms with Crippen LogP contribution in [0.5, 0.6) is 0 Å². The van der Waals surface area contributed by atoms with Crippen LogP contribution in [0.3, 0.4) is 0 Å². The molecule has 0 aromatic rings. The van der Waals surface area contributed by atoms with Gasteiger partial charge in [0.15, 0.2) is 6.29 Å². The highest BCUT2D eigenvalue weighted by molar-refractivity contribution is 5.69. The van der Waals surface area contributed by atoms with Gasteiger partial charge in [0.25, 0.3) is 0 Å². The third kappa shape index (κ3) is 4.77. The summed E-state index contributed by atoms with van der Waals surface area (Å²) in [6.45, 7) is 15.6.